The van der Waals surface area contributed by atoms with E-state index in [2.05, 4.69) is 13.8 Å². The van der Waals surface area contributed by atoms with Gasteiger partial charge < -0.3 is 24.4 Å². The lowest BCUT2D eigenvalue weighted by Gasteiger charge is -2.26. The third kappa shape index (κ3) is 6.66. The Hall–Kier alpha value is -3.32. The number of aliphatic hydroxyl groups is 1. The molecule has 2 aromatic rings. The third-order valence-corrected chi connectivity index (χ3v) is 6.12. The van der Waals surface area contributed by atoms with Crippen molar-refractivity contribution in [2.45, 2.75) is 39.7 Å². The van der Waals surface area contributed by atoms with E-state index in [1.54, 1.807) is 29.2 Å². The van der Waals surface area contributed by atoms with E-state index in [9.17, 15) is 14.7 Å². The molecular formula is C29H38N2O5. The SMILES string of the molecule is CCOc1ccc(/C(O)=C2\C(=O)C(=O)N(CCCN(C)C)C2c2cccc(OCCC(C)C)c2)cc1. The number of hydrogen-bond donors (Lipinski definition) is 1. The number of rotatable bonds is 12. The van der Waals surface area contributed by atoms with Crippen molar-refractivity contribution >= 4 is 17.4 Å². The summed E-state index contributed by atoms with van der Waals surface area (Å²) < 4.78 is 11.4. The van der Waals surface area contributed by atoms with E-state index in [-0.39, 0.29) is 11.3 Å². The van der Waals surface area contributed by atoms with Gasteiger partial charge >= 0.3 is 0 Å². The summed E-state index contributed by atoms with van der Waals surface area (Å²) in [5.74, 6) is 0.391. The normalized spacial score (nSPS) is 17.3. The minimum Gasteiger partial charge on any atom is -0.507 e. The fourth-order valence-corrected chi connectivity index (χ4v) is 4.23. The van der Waals surface area contributed by atoms with Gasteiger partial charge in [-0.05, 0) is 88.3 Å². The number of aliphatic hydroxyl groups excluding tert-OH is 1. The van der Waals surface area contributed by atoms with Gasteiger partial charge in [-0.1, -0.05) is 26.0 Å². The van der Waals surface area contributed by atoms with Gasteiger partial charge in [0.1, 0.15) is 17.3 Å². The molecule has 0 bridgehead atoms. The van der Waals surface area contributed by atoms with Crippen molar-refractivity contribution in [3.05, 3.63) is 65.2 Å². The first-order chi connectivity index (χ1) is 17.2. The van der Waals surface area contributed by atoms with E-state index < -0.39 is 17.7 Å². The molecule has 2 aromatic carbocycles. The maximum Gasteiger partial charge on any atom is 0.295 e. The highest BCUT2D eigenvalue weighted by atomic mass is 16.5. The summed E-state index contributed by atoms with van der Waals surface area (Å²) in [6.45, 7) is 8.45. The van der Waals surface area contributed by atoms with Crippen LogP contribution in [0.1, 0.15) is 50.8 Å². The number of carbonyl (C=O) groups excluding carboxylic acids is 2. The lowest BCUT2D eigenvalue weighted by Crippen LogP contribution is -2.32. The van der Waals surface area contributed by atoms with Crippen molar-refractivity contribution in [2.24, 2.45) is 5.92 Å². The number of ketones is 1. The van der Waals surface area contributed by atoms with Crippen molar-refractivity contribution in [1.82, 2.24) is 9.80 Å². The fourth-order valence-electron chi connectivity index (χ4n) is 4.23. The van der Waals surface area contributed by atoms with Crippen LogP contribution in [-0.2, 0) is 9.59 Å². The van der Waals surface area contributed by atoms with Crippen molar-refractivity contribution in [3.63, 3.8) is 0 Å². The molecule has 0 spiro atoms. The second-order valence-electron chi connectivity index (χ2n) is 9.71. The number of nitrogens with zero attached hydrogens (tertiary/aromatic N) is 2. The van der Waals surface area contributed by atoms with E-state index >= 15 is 0 Å². The van der Waals surface area contributed by atoms with Gasteiger partial charge in [-0.3, -0.25) is 9.59 Å². The molecule has 36 heavy (non-hydrogen) atoms. The third-order valence-electron chi connectivity index (χ3n) is 6.12. The maximum absolute atomic E-state index is 13.2. The predicted octanol–water partition coefficient (Wildman–Crippen LogP) is 4.88. The molecule has 1 atom stereocenters. The van der Waals surface area contributed by atoms with Gasteiger partial charge in [0.2, 0.25) is 0 Å². The molecule has 0 saturated carbocycles. The first-order valence-corrected chi connectivity index (χ1v) is 12.6. The molecule has 1 heterocycles. The summed E-state index contributed by atoms with van der Waals surface area (Å²) in [5, 5.41) is 11.3. The zero-order valence-corrected chi connectivity index (χ0v) is 22.0. The maximum atomic E-state index is 13.2. The summed E-state index contributed by atoms with van der Waals surface area (Å²) in [5.41, 5.74) is 1.28. The van der Waals surface area contributed by atoms with Crippen molar-refractivity contribution in [1.29, 1.82) is 0 Å². The molecule has 194 valence electrons. The van der Waals surface area contributed by atoms with Crippen LogP contribution >= 0.6 is 0 Å². The Balaban J connectivity index is 2.01. The quantitative estimate of drug-likeness (QED) is 0.257. The number of Topliss-reactive ketones (excluding diaryl/α,β-unsaturated/α-hetero) is 1. The first kappa shape index (κ1) is 27.3. The van der Waals surface area contributed by atoms with Crippen LogP contribution in [0.15, 0.2) is 54.1 Å². The number of carbonyl (C=O) groups is 2. The van der Waals surface area contributed by atoms with Crippen molar-refractivity contribution < 1.29 is 24.2 Å². The van der Waals surface area contributed by atoms with E-state index in [0.717, 1.165) is 18.5 Å². The van der Waals surface area contributed by atoms with E-state index in [4.69, 9.17) is 9.47 Å². The molecule has 1 unspecified atom stereocenters. The lowest BCUT2D eigenvalue weighted by atomic mass is 9.95. The Morgan fingerprint density at radius 1 is 1.06 bits per heavy atom. The lowest BCUT2D eigenvalue weighted by molar-refractivity contribution is -0.139. The van der Waals surface area contributed by atoms with Gasteiger partial charge in [-0.25, -0.2) is 0 Å². The zero-order valence-electron chi connectivity index (χ0n) is 22.0. The van der Waals surface area contributed by atoms with Gasteiger partial charge in [0.05, 0.1) is 24.8 Å². The van der Waals surface area contributed by atoms with Gasteiger partial charge in [0.25, 0.3) is 11.7 Å². The largest absolute Gasteiger partial charge is 0.507 e. The number of hydrogen-bond acceptors (Lipinski definition) is 6. The molecule has 0 radical (unpaired) electrons. The minimum absolute atomic E-state index is 0.0911. The summed E-state index contributed by atoms with van der Waals surface area (Å²) in [4.78, 5) is 30.0. The molecule has 1 amide bonds. The number of amides is 1. The Kier molecular flexibility index (Phi) is 9.53. The van der Waals surface area contributed by atoms with Gasteiger partial charge in [0, 0.05) is 12.1 Å². The van der Waals surface area contributed by atoms with Crippen LogP contribution in [0.3, 0.4) is 0 Å². The molecule has 0 aliphatic carbocycles. The van der Waals surface area contributed by atoms with Crippen molar-refractivity contribution in [3.8, 4) is 11.5 Å². The Morgan fingerprint density at radius 2 is 1.78 bits per heavy atom. The van der Waals surface area contributed by atoms with Crippen LogP contribution in [0, 0.1) is 5.92 Å². The average Bonchev–Trinajstić information content (AvgIpc) is 3.09. The van der Waals surface area contributed by atoms with Crippen LogP contribution in [-0.4, -0.2) is 67.0 Å². The molecule has 0 aromatic heterocycles. The van der Waals surface area contributed by atoms with Crippen LogP contribution in [0.4, 0.5) is 0 Å². The Bertz CT molecular complexity index is 1080. The van der Waals surface area contributed by atoms with Crippen LogP contribution in [0.2, 0.25) is 0 Å². The van der Waals surface area contributed by atoms with Crippen LogP contribution in [0.25, 0.3) is 5.76 Å². The van der Waals surface area contributed by atoms with Crippen LogP contribution < -0.4 is 9.47 Å². The fraction of sp³-hybridized carbons (Fsp3) is 0.448. The number of ether oxygens (including phenoxy) is 2. The molecular weight excluding hydrogens is 456 g/mol. The monoisotopic (exact) mass is 494 g/mol. The molecule has 1 fully saturated rings. The molecule has 1 aliphatic heterocycles. The highest BCUT2D eigenvalue weighted by molar-refractivity contribution is 6.46. The van der Waals surface area contributed by atoms with Gasteiger partial charge in [-0.15, -0.1) is 0 Å². The summed E-state index contributed by atoms with van der Waals surface area (Å²) >= 11 is 0. The summed E-state index contributed by atoms with van der Waals surface area (Å²) in [7, 11) is 3.94. The molecule has 1 saturated heterocycles. The number of likely N-dealkylation sites (tertiary alicyclic amines) is 1. The van der Waals surface area contributed by atoms with E-state index in [0.29, 0.717) is 49.2 Å². The second-order valence-corrected chi connectivity index (χ2v) is 9.71. The summed E-state index contributed by atoms with van der Waals surface area (Å²) in [6.07, 6.45) is 1.62. The molecule has 1 aliphatic rings. The second kappa shape index (κ2) is 12.6. The Morgan fingerprint density at radius 3 is 2.42 bits per heavy atom. The smallest absolute Gasteiger partial charge is 0.295 e. The van der Waals surface area contributed by atoms with Gasteiger partial charge in [0.15, 0.2) is 0 Å². The molecule has 3 rings (SSSR count). The predicted molar refractivity (Wildman–Crippen MR) is 141 cm³/mol. The standard InChI is InChI=1S/C29H38N2O5/c1-6-35-23-13-11-21(12-14-23)27(32)25-26(31(29(34)28(25)33)17-8-16-30(4)5)22-9-7-10-24(19-22)36-18-15-20(2)3/h7,9-14,19-20,26,32H,6,8,15-18H2,1-5H3/b27-25+. The Labute approximate surface area is 214 Å². The van der Waals surface area contributed by atoms with E-state index in [1.807, 2.05) is 50.2 Å². The van der Waals surface area contributed by atoms with Crippen LogP contribution in [0.5, 0.6) is 11.5 Å². The zero-order chi connectivity index (χ0) is 26.2. The molecule has 7 heteroatoms. The topological polar surface area (TPSA) is 79.3 Å². The summed E-state index contributed by atoms with van der Waals surface area (Å²) in [6, 6.07) is 13.6. The average molecular weight is 495 g/mol. The highest BCUT2D eigenvalue weighted by Gasteiger charge is 2.45. The van der Waals surface area contributed by atoms with Gasteiger partial charge in [-0.2, -0.15) is 0 Å². The highest BCUT2D eigenvalue weighted by Crippen LogP contribution is 2.40. The number of benzene rings is 2. The minimum atomic E-state index is -0.702. The molecule has 1 N–H and O–H groups in total. The van der Waals surface area contributed by atoms with E-state index in [1.165, 1.54) is 0 Å². The first-order valence-electron chi connectivity index (χ1n) is 12.6. The van der Waals surface area contributed by atoms with Crippen molar-refractivity contribution in [2.75, 3.05) is 40.4 Å². The molecule has 7 nitrogen and oxygen atoms in total.